The third-order valence-corrected chi connectivity index (χ3v) is 3.10. The summed E-state index contributed by atoms with van der Waals surface area (Å²) in [5.41, 5.74) is 0. The summed E-state index contributed by atoms with van der Waals surface area (Å²) in [5.74, 6) is -2.33. The normalized spacial score (nSPS) is 22.1. The van der Waals surface area contributed by atoms with E-state index in [9.17, 15) is 9.59 Å². The van der Waals surface area contributed by atoms with Gasteiger partial charge >= 0.3 is 5.97 Å². The number of carbonyl (C=O) groups excluding carboxylic acids is 1. The number of carbonyl (C=O) groups is 2. The molecule has 2 atom stereocenters. The van der Waals surface area contributed by atoms with Gasteiger partial charge in [-0.25, -0.2) is 0 Å². The summed E-state index contributed by atoms with van der Waals surface area (Å²) in [6.45, 7) is 2.19. The number of aliphatic hydroxyl groups excluding tert-OH is 1. The number of hydrogen-bond acceptors (Lipinski definition) is 3. The molecule has 1 heterocycles. The van der Waals surface area contributed by atoms with Gasteiger partial charge in [0.05, 0.1) is 0 Å². The molecule has 2 N–H and O–H groups in total. The summed E-state index contributed by atoms with van der Waals surface area (Å²) in [7, 11) is 0. The Morgan fingerprint density at radius 1 is 1.50 bits per heavy atom. The molecule has 1 rings (SSSR count). The lowest BCUT2D eigenvalue weighted by molar-refractivity contribution is -0.150. The fraction of sp³-hybridized carbons (Fsp3) is 0.818. The first-order valence-electron chi connectivity index (χ1n) is 5.72. The Bertz CT molecular complexity index is 267. The van der Waals surface area contributed by atoms with Gasteiger partial charge in [0.25, 0.3) is 0 Å². The molecule has 0 aromatic rings. The second-order valence-corrected chi connectivity index (χ2v) is 4.25. The highest BCUT2D eigenvalue weighted by Crippen LogP contribution is 2.23. The SMILES string of the molecule is CC(C(=O)O)C(=O)N1CCCC1CCCO. The fourth-order valence-corrected chi connectivity index (χ4v) is 2.11. The van der Waals surface area contributed by atoms with E-state index in [0.717, 1.165) is 19.3 Å². The predicted octanol–water partition coefficient (Wildman–Crippen LogP) is 0.471. The maximum absolute atomic E-state index is 11.8. The van der Waals surface area contributed by atoms with Gasteiger partial charge in [-0.1, -0.05) is 0 Å². The highest BCUT2D eigenvalue weighted by molar-refractivity contribution is 5.96. The molecule has 0 radical (unpaired) electrons. The molecule has 16 heavy (non-hydrogen) atoms. The summed E-state index contributed by atoms with van der Waals surface area (Å²) < 4.78 is 0. The zero-order chi connectivity index (χ0) is 12.1. The van der Waals surface area contributed by atoms with Crippen molar-refractivity contribution < 1.29 is 19.8 Å². The standard InChI is InChI=1S/C11H19NO4/c1-8(11(15)16)10(14)12-6-2-4-9(12)5-3-7-13/h8-9,13H,2-7H2,1H3,(H,15,16). The summed E-state index contributed by atoms with van der Waals surface area (Å²) >= 11 is 0. The van der Waals surface area contributed by atoms with Crippen LogP contribution in [0.25, 0.3) is 0 Å². The Kier molecular flexibility index (Phi) is 4.73. The quantitative estimate of drug-likeness (QED) is 0.672. The van der Waals surface area contributed by atoms with E-state index in [2.05, 4.69) is 0 Å². The lowest BCUT2D eigenvalue weighted by Crippen LogP contribution is -2.41. The maximum Gasteiger partial charge on any atom is 0.315 e. The molecule has 1 fully saturated rings. The summed E-state index contributed by atoms with van der Waals surface area (Å²) in [4.78, 5) is 24.2. The number of aliphatic carboxylic acids is 1. The second-order valence-electron chi connectivity index (χ2n) is 4.25. The van der Waals surface area contributed by atoms with E-state index in [1.54, 1.807) is 4.90 Å². The van der Waals surface area contributed by atoms with Crippen LogP contribution in [-0.4, -0.2) is 46.2 Å². The summed E-state index contributed by atoms with van der Waals surface area (Å²) in [6, 6.07) is 0.112. The molecule has 1 saturated heterocycles. The van der Waals surface area contributed by atoms with Crippen molar-refractivity contribution in [2.75, 3.05) is 13.2 Å². The van der Waals surface area contributed by atoms with Gasteiger partial charge in [0.1, 0.15) is 5.92 Å². The molecule has 1 amide bonds. The molecule has 5 heteroatoms. The van der Waals surface area contributed by atoms with Crippen molar-refractivity contribution in [2.24, 2.45) is 5.92 Å². The smallest absolute Gasteiger partial charge is 0.315 e. The lowest BCUT2D eigenvalue weighted by Gasteiger charge is -2.26. The average molecular weight is 229 g/mol. The third-order valence-electron chi connectivity index (χ3n) is 3.10. The van der Waals surface area contributed by atoms with E-state index in [-0.39, 0.29) is 18.6 Å². The second kappa shape index (κ2) is 5.84. The van der Waals surface area contributed by atoms with Gasteiger partial charge in [-0.3, -0.25) is 9.59 Å². The van der Waals surface area contributed by atoms with Gasteiger partial charge in [0, 0.05) is 19.2 Å². The molecular formula is C11H19NO4. The predicted molar refractivity (Wildman–Crippen MR) is 57.9 cm³/mol. The zero-order valence-electron chi connectivity index (χ0n) is 9.56. The minimum Gasteiger partial charge on any atom is -0.481 e. The minimum atomic E-state index is -1.07. The van der Waals surface area contributed by atoms with Crippen LogP contribution in [0.1, 0.15) is 32.6 Å². The third kappa shape index (κ3) is 2.95. The van der Waals surface area contributed by atoms with Crippen LogP contribution in [0.5, 0.6) is 0 Å². The van der Waals surface area contributed by atoms with Crippen LogP contribution in [0.15, 0.2) is 0 Å². The molecule has 0 aromatic carbocycles. The Hall–Kier alpha value is -1.10. The summed E-state index contributed by atoms with van der Waals surface area (Å²) in [5, 5.41) is 17.5. The van der Waals surface area contributed by atoms with E-state index in [1.807, 2.05) is 0 Å². The molecule has 0 spiro atoms. The molecule has 5 nitrogen and oxygen atoms in total. The van der Waals surface area contributed by atoms with Crippen molar-refractivity contribution in [1.29, 1.82) is 0 Å². The van der Waals surface area contributed by atoms with Crippen molar-refractivity contribution >= 4 is 11.9 Å². The highest BCUT2D eigenvalue weighted by Gasteiger charge is 2.33. The molecule has 0 aliphatic carbocycles. The van der Waals surface area contributed by atoms with Crippen molar-refractivity contribution in [3.05, 3.63) is 0 Å². The van der Waals surface area contributed by atoms with Gasteiger partial charge in [-0.2, -0.15) is 0 Å². The fourth-order valence-electron chi connectivity index (χ4n) is 2.11. The monoisotopic (exact) mass is 229 g/mol. The van der Waals surface area contributed by atoms with Crippen LogP contribution < -0.4 is 0 Å². The van der Waals surface area contributed by atoms with E-state index in [4.69, 9.17) is 10.2 Å². The molecule has 1 aliphatic rings. The van der Waals surface area contributed by atoms with E-state index < -0.39 is 11.9 Å². The molecule has 92 valence electrons. The van der Waals surface area contributed by atoms with Crippen LogP contribution >= 0.6 is 0 Å². The zero-order valence-corrected chi connectivity index (χ0v) is 9.56. The first-order valence-corrected chi connectivity index (χ1v) is 5.72. The van der Waals surface area contributed by atoms with Gasteiger partial charge in [0.2, 0.25) is 5.91 Å². The maximum atomic E-state index is 11.8. The number of amides is 1. The molecule has 2 unspecified atom stereocenters. The molecule has 1 aliphatic heterocycles. The number of likely N-dealkylation sites (tertiary alicyclic amines) is 1. The van der Waals surface area contributed by atoms with E-state index in [1.165, 1.54) is 6.92 Å². The lowest BCUT2D eigenvalue weighted by atomic mass is 10.1. The first-order chi connectivity index (χ1) is 7.57. The number of carboxylic acids is 1. The number of hydrogen-bond donors (Lipinski definition) is 2. The van der Waals surface area contributed by atoms with Crippen molar-refractivity contribution in [1.82, 2.24) is 4.90 Å². The summed E-state index contributed by atoms with van der Waals surface area (Å²) in [6.07, 6.45) is 3.26. The Morgan fingerprint density at radius 2 is 2.19 bits per heavy atom. The van der Waals surface area contributed by atoms with Gasteiger partial charge in [-0.15, -0.1) is 0 Å². The van der Waals surface area contributed by atoms with Gasteiger partial charge in [0.15, 0.2) is 0 Å². The van der Waals surface area contributed by atoms with Gasteiger partial charge < -0.3 is 15.1 Å². The van der Waals surface area contributed by atoms with E-state index >= 15 is 0 Å². The van der Waals surface area contributed by atoms with Crippen LogP contribution in [0, 0.1) is 5.92 Å². The Morgan fingerprint density at radius 3 is 2.75 bits per heavy atom. The number of rotatable bonds is 5. The van der Waals surface area contributed by atoms with Crippen LogP contribution in [-0.2, 0) is 9.59 Å². The van der Waals surface area contributed by atoms with Crippen LogP contribution in [0.4, 0.5) is 0 Å². The van der Waals surface area contributed by atoms with Crippen molar-refractivity contribution in [3.63, 3.8) is 0 Å². The minimum absolute atomic E-state index is 0.112. The van der Waals surface area contributed by atoms with E-state index in [0.29, 0.717) is 13.0 Å². The van der Waals surface area contributed by atoms with Crippen molar-refractivity contribution in [3.8, 4) is 0 Å². The van der Waals surface area contributed by atoms with Crippen LogP contribution in [0.3, 0.4) is 0 Å². The molecule has 0 saturated carbocycles. The number of aliphatic hydroxyl groups is 1. The average Bonchev–Trinajstić information content (AvgIpc) is 2.72. The topological polar surface area (TPSA) is 77.8 Å². The Labute approximate surface area is 95.1 Å². The highest BCUT2D eigenvalue weighted by atomic mass is 16.4. The number of carboxylic acid groups (broad SMARTS) is 1. The van der Waals surface area contributed by atoms with Gasteiger partial charge in [-0.05, 0) is 32.6 Å². The molecular weight excluding hydrogens is 210 g/mol. The largest absolute Gasteiger partial charge is 0.481 e. The molecule has 0 bridgehead atoms. The first kappa shape index (κ1) is 13.0. The molecule has 0 aromatic heterocycles. The van der Waals surface area contributed by atoms with Crippen molar-refractivity contribution in [2.45, 2.75) is 38.6 Å². The Balaban J connectivity index is 2.56. The number of nitrogens with zero attached hydrogens (tertiary/aromatic N) is 1. The van der Waals surface area contributed by atoms with Crippen LogP contribution in [0.2, 0.25) is 0 Å².